The number of hydrogen-bond acceptors (Lipinski definition) is 5. The molecule has 152 valence electrons. The van der Waals surface area contributed by atoms with Crippen molar-refractivity contribution >= 4 is 27.4 Å². The van der Waals surface area contributed by atoms with E-state index in [0.29, 0.717) is 0 Å². The quantitative estimate of drug-likeness (QED) is 0.859. The molecule has 5 rings (SSSR count). The van der Waals surface area contributed by atoms with E-state index in [9.17, 15) is 0 Å². The van der Waals surface area contributed by atoms with Crippen LogP contribution < -0.4 is 9.80 Å². The summed E-state index contributed by atoms with van der Waals surface area (Å²) in [6.07, 6.45) is 9.60. The van der Waals surface area contributed by atoms with E-state index in [4.69, 9.17) is 14.7 Å². The molecule has 6 heteroatoms. The predicted molar refractivity (Wildman–Crippen MR) is 115 cm³/mol. The topological polar surface area (TPSA) is 42.7 Å². The minimum atomic E-state index is 0.249. The number of nitrogens with one attached hydrogen (secondary N) is 1. The molecule has 2 fully saturated rings. The van der Waals surface area contributed by atoms with Crippen LogP contribution in [-0.4, -0.2) is 48.4 Å². The summed E-state index contributed by atoms with van der Waals surface area (Å²) < 4.78 is 6.01. The molecule has 0 spiro atoms. The van der Waals surface area contributed by atoms with Gasteiger partial charge in [0.25, 0.3) is 0 Å². The van der Waals surface area contributed by atoms with Crippen molar-refractivity contribution in [3.8, 4) is 0 Å². The van der Waals surface area contributed by atoms with Gasteiger partial charge in [-0.25, -0.2) is 9.97 Å². The number of nitrogens with zero attached hydrogens (tertiary/aromatic N) is 3. The fraction of sp³-hybridized carbons (Fsp3) is 0.727. The number of fused-ring (bicyclic) bond motifs is 3. The van der Waals surface area contributed by atoms with Gasteiger partial charge in [-0.05, 0) is 64.4 Å². The van der Waals surface area contributed by atoms with Gasteiger partial charge in [-0.15, -0.1) is 11.3 Å². The zero-order valence-corrected chi connectivity index (χ0v) is 18.1. The molecule has 0 radical (unpaired) electrons. The van der Waals surface area contributed by atoms with E-state index >= 15 is 0 Å². The van der Waals surface area contributed by atoms with Crippen LogP contribution in [0, 0.1) is 0 Å². The van der Waals surface area contributed by atoms with Gasteiger partial charge in [0.15, 0.2) is 5.82 Å². The number of aryl methyl sites for hydroxylation is 2. The summed E-state index contributed by atoms with van der Waals surface area (Å²) in [4.78, 5) is 17.2. The molecular formula is C22H33N4OS+. The Morgan fingerprint density at radius 2 is 1.75 bits per heavy atom. The Morgan fingerprint density at radius 1 is 1.00 bits per heavy atom. The van der Waals surface area contributed by atoms with E-state index in [1.165, 1.54) is 74.1 Å². The molecule has 0 amide bonds. The molecule has 0 aromatic carbocycles. The van der Waals surface area contributed by atoms with Crippen LogP contribution in [0.3, 0.4) is 0 Å². The highest BCUT2D eigenvalue weighted by atomic mass is 32.1. The van der Waals surface area contributed by atoms with E-state index in [0.717, 1.165) is 25.5 Å². The predicted octanol–water partition coefficient (Wildman–Crippen LogP) is 2.75. The number of anilines is 1. The SMILES string of the molecule is C[C@@H]1CN(c2nc(C[NH+]3CCCCC3)nc3sc4c(c23)CCCC4)C[C@H](C)O1. The van der Waals surface area contributed by atoms with Crippen LogP contribution in [0.4, 0.5) is 5.82 Å². The summed E-state index contributed by atoms with van der Waals surface area (Å²) >= 11 is 1.94. The summed E-state index contributed by atoms with van der Waals surface area (Å²) in [5.41, 5.74) is 1.55. The average molecular weight is 402 g/mol. The van der Waals surface area contributed by atoms with E-state index in [-0.39, 0.29) is 12.2 Å². The number of piperidine rings is 1. The lowest BCUT2D eigenvalue weighted by Gasteiger charge is -2.36. The highest BCUT2D eigenvalue weighted by molar-refractivity contribution is 7.19. The van der Waals surface area contributed by atoms with Crippen LogP contribution in [-0.2, 0) is 24.1 Å². The summed E-state index contributed by atoms with van der Waals surface area (Å²) in [7, 11) is 0. The number of hydrogen-bond donors (Lipinski definition) is 1. The Hall–Kier alpha value is -1.24. The second kappa shape index (κ2) is 7.88. The third kappa shape index (κ3) is 3.66. The molecule has 0 saturated carbocycles. The number of thiophene rings is 1. The van der Waals surface area contributed by atoms with Crippen molar-refractivity contribution in [1.29, 1.82) is 0 Å². The molecule has 0 unspecified atom stereocenters. The molecule has 1 aliphatic carbocycles. The Bertz CT molecular complexity index is 835. The van der Waals surface area contributed by atoms with Gasteiger partial charge in [0, 0.05) is 18.0 Å². The van der Waals surface area contributed by atoms with Gasteiger partial charge in [-0.2, -0.15) is 0 Å². The molecule has 2 aromatic heterocycles. The first-order valence-electron chi connectivity index (χ1n) is 11.2. The van der Waals surface area contributed by atoms with Crippen molar-refractivity contribution in [2.75, 3.05) is 31.1 Å². The van der Waals surface area contributed by atoms with Crippen molar-refractivity contribution in [3.05, 3.63) is 16.3 Å². The van der Waals surface area contributed by atoms with Crippen molar-refractivity contribution in [2.24, 2.45) is 0 Å². The zero-order valence-electron chi connectivity index (χ0n) is 17.3. The van der Waals surface area contributed by atoms with Crippen LogP contribution in [0.2, 0.25) is 0 Å². The lowest BCUT2D eigenvalue weighted by molar-refractivity contribution is -0.919. The standard InChI is InChI=1S/C22H32N4OS/c1-15-12-26(13-16(2)27-15)21-20-17-8-4-5-9-18(17)28-22(20)24-19(23-21)14-25-10-6-3-7-11-25/h15-16H,3-14H2,1-2H3/p+1/t15-,16+. The summed E-state index contributed by atoms with van der Waals surface area (Å²) in [6, 6.07) is 0. The van der Waals surface area contributed by atoms with Crippen molar-refractivity contribution in [2.45, 2.75) is 77.5 Å². The molecule has 2 atom stereocenters. The van der Waals surface area contributed by atoms with Gasteiger partial charge < -0.3 is 14.5 Å². The van der Waals surface area contributed by atoms with Gasteiger partial charge in [0.05, 0.1) is 30.7 Å². The minimum Gasteiger partial charge on any atom is -0.372 e. The summed E-state index contributed by atoms with van der Waals surface area (Å²) in [5, 5.41) is 1.36. The molecule has 5 nitrogen and oxygen atoms in total. The zero-order chi connectivity index (χ0) is 19.1. The number of likely N-dealkylation sites (tertiary alicyclic amines) is 1. The maximum absolute atomic E-state index is 6.01. The average Bonchev–Trinajstić information content (AvgIpc) is 3.06. The maximum atomic E-state index is 6.01. The number of morpholine rings is 1. The Balaban J connectivity index is 1.56. The number of ether oxygens (including phenoxy) is 1. The van der Waals surface area contributed by atoms with Crippen LogP contribution in [0.5, 0.6) is 0 Å². The van der Waals surface area contributed by atoms with Crippen LogP contribution in [0.15, 0.2) is 0 Å². The summed E-state index contributed by atoms with van der Waals surface area (Å²) in [6.45, 7) is 9.73. The fourth-order valence-electron chi connectivity index (χ4n) is 5.29. The Morgan fingerprint density at radius 3 is 2.54 bits per heavy atom. The third-order valence-corrected chi connectivity index (χ3v) is 7.72. The monoisotopic (exact) mass is 401 g/mol. The van der Waals surface area contributed by atoms with E-state index in [1.54, 1.807) is 15.3 Å². The molecule has 2 saturated heterocycles. The highest BCUT2D eigenvalue weighted by Crippen LogP contribution is 2.40. The van der Waals surface area contributed by atoms with Crippen LogP contribution in [0.1, 0.15) is 62.2 Å². The van der Waals surface area contributed by atoms with E-state index < -0.39 is 0 Å². The first-order chi connectivity index (χ1) is 13.7. The number of quaternary nitrogens is 1. The first-order valence-corrected chi connectivity index (χ1v) is 12.0. The van der Waals surface area contributed by atoms with Gasteiger partial charge in [0.2, 0.25) is 0 Å². The largest absolute Gasteiger partial charge is 0.372 e. The van der Waals surface area contributed by atoms with Crippen molar-refractivity contribution in [3.63, 3.8) is 0 Å². The van der Waals surface area contributed by atoms with Crippen LogP contribution >= 0.6 is 11.3 Å². The first kappa shape index (κ1) is 18.8. The fourth-order valence-corrected chi connectivity index (χ4v) is 6.57. The van der Waals surface area contributed by atoms with Gasteiger partial charge in [0.1, 0.15) is 17.2 Å². The molecule has 28 heavy (non-hydrogen) atoms. The second-order valence-electron chi connectivity index (χ2n) is 9.00. The lowest BCUT2D eigenvalue weighted by atomic mass is 9.96. The van der Waals surface area contributed by atoms with E-state index in [2.05, 4.69) is 18.7 Å². The minimum absolute atomic E-state index is 0.249. The van der Waals surface area contributed by atoms with Gasteiger partial charge >= 0.3 is 0 Å². The Kier molecular flexibility index (Phi) is 5.28. The van der Waals surface area contributed by atoms with Gasteiger partial charge in [-0.1, -0.05) is 0 Å². The molecule has 2 aliphatic heterocycles. The molecular weight excluding hydrogens is 368 g/mol. The van der Waals surface area contributed by atoms with Crippen LogP contribution in [0.25, 0.3) is 10.2 Å². The molecule has 3 aliphatic rings. The van der Waals surface area contributed by atoms with Crippen molar-refractivity contribution in [1.82, 2.24) is 9.97 Å². The molecule has 0 bridgehead atoms. The molecule has 1 N–H and O–H groups in total. The van der Waals surface area contributed by atoms with Crippen molar-refractivity contribution < 1.29 is 9.64 Å². The third-order valence-electron chi connectivity index (χ3n) is 6.53. The maximum Gasteiger partial charge on any atom is 0.187 e. The molecule has 4 heterocycles. The Labute approximate surface area is 172 Å². The summed E-state index contributed by atoms with van der Waals surface area (Å²) in [5.74, 6) is 2.24. The van der Waals surface area contributed by atoms with E-state index in [1.807, 2.05) is 11.3 Å². The molecule has 2 aromatic rings. The highest BCUT2D eigenvalue weighted by Gasteiger charge is 2.29. The lowest BCUT2D eigenvalue weighted by Crippen LogP contribution is -3.11. The number of aromatic nitrogens is 2. The second-order valence-corrected chi connectivity index (χ2v) is 10.1. The smallest absolute Gasteiger partial charge is 0.187 e. The number of rotatable bonds is 3. The normalized spacial score (nSPS) is 26.6. The van der Waals surface area contributed by atoms with Gasteiger partial charge in [-0.3, -0.25) is 0 Å².